The molecule has 0 bridgehead atoms. The Morgan fingerprint density at radius 3 is 2.30 bits per heavy atom. The average Bonchev–Trinajstić information content (AvgIpc) is 2.97. The standard InChI is InChI=1S/C19H34N6O3.2ClH/c1-13(2)16(20)17(27)21-11-14(26)23-19(9-7-5-6-8-10-19)18-22-15(28-24-18)12-25(3)4;;/h13,16H,5-12,20H2,1-4H3,(H,21,27)(H,23,26);2*1H/t16-;;/m0../s1. The van der Waals surface area contributed by atoms with Gasteiger partial charge in [-0.2, -0.15) is 4.98 Å². The second kappa shape index (κ2) is 13.1. The zero-order valence-electron chi connectivity index (χ0n) is 18.3. The van der Waals surface area contributed by atoms with E-state index in [1.165, 1.54) is 0 Å². The molecule has 1 aromatic rings. The van der Waals surface area contributed by atoms with Crippen molar-refractivity contribution in [3.63, 3.8) is 0 Å². The van der Waals surface area contributed by atoms with Crippen LogP contribution in [0.3, 0.4) is 0 Å². The molecule has 174 valence electrons. The molecule has 1 saturated carbocycles. The number of halogens is 2. The number of hydrogen-bond acceptors (Lipinski definition) is 7. The van der Waals surface area contributed by atoms with Crippen molar-refractivity contribution in [3.05, 3.63) is 11.7 Å². The smallest absolute Gasteiger partial charge is 0.240 e. The first-order chi connectivity index (χ1) is 13.2. The van der Waals surface area contributed by atoms with Crippen LogP contribution in [0.1, 0.15) is 64.1 Å². The second-order valence-electron chi connectivity index (χ2n) is 8.28. The van der Waals surface area contributed by atoms with Crippen molar-refractivity contribution in [1.29, 1.82) is 0 Å². The van der Waals surface area contributed by atoms with Crippen LogP contribution in [0.5, 0.6) is 0 Å². The molecule has 0 aromatic carbocycles. The molecule has 1 fully saturated rings. The summed E-state index contributed by atoms with van der Waals surface area (Å²) in [5, 5.41) is 9.88. The van der Waals surface area contributed by atoms with Crippen LogP contribution < -0.4 is 16.4 Å². The number of nitrogens with zero attached hydrogens (tertiary/aromatic N) is 3. The van der Waals surface area contributed by atoms with Crippen molar-refractivity contribution in [2.45, 2.75) is 70.5 Å². The summed E-state index contributed by atoms with van der Waals surface area (Å²) >= 11 is 0. The molecule has 0 saturated heterocycles. The normalized spacial score (nSPS) is 16.8. The van der Waals surface area contributed by atoms with Crippen molar-refractivity contribution in [1.82, 2.24) is 25.7 Å². The molecule has 0 radical (unpaired) electrons. The number of amides is 2. The highest BCUT2D eigenvalue weighted by molar-refractivity contribution is 5.87. The molecule has 0 spiro atoms. The minimum absolute atomic E-state index is 0. The zero-order valence-corrected chi connectivity index (χ0v) is 19.9. The molecular weight excluding hydrogens is 431 g/mol. The Morgan fingerprint density at radius 2 is 1.77 bits per heavy atom. The second-order valence-corrected chi connectivity index (χ2v) is 8.28. The largest absolute Gasteiger partial charge is 0.346 e. The fraction of sp³-hybridized carbons (Fsp3) is 0.789. The maximum atomic E-state index is 12.6. The average molecular weight is 467 g/mol. The van der Waals surface area contributed by atoms with Gasteiger partial charge in [0.1, 0.15) is 5.54 Å². The van der Waals surface area contributed by atoms with Gasteiger partial charge in [0.2, 0.25) is 17.7 Å². The quantitative estimate of drug-likeness (QED) is 0.497. The fourth-order valence-electron chi connectivity index (χ4n) is 3.42. The number of rotatable bonds is 8. The third-order valence-corrected chi connectivity index (χ3v) is 5.13. The minimum Gasteiger partial charge on any atom is -0.346 e. The van der Waals surface area contributed by atoms with Gasteiger partial charge in [-0.15, -0.1) is 24.8 Å². The van der Waals surface area contributed by atoms with Crippen LogP contribution in [0.4, 0.5) is 0 Å². The summed E-state index contributed by atoms with van der Waals surface area (Å²) in [5.74, 6) is 0.447. The van der Waals surface area contributed by atoms with Crippen LogP contribution in [-0.2, 0) is 21.7 Å². The van der Waals surface area contributed by atoms with Gasteiger partial charge in [-0.25, -0.2) is 0 Å². The predicted molar refractivity (Wildman–Crippen MR) is 120 cm³/mol. The lowest BCUT2D eigenvalue weighted by Crippen LogP contribution is -2.52. The summed E-state index contributed by atoms with van der Waals surface area (Å²) in [7, 11) is 3.86. The molecule has 1 aliphatic carbocycles. The first-order valence-electron chi connectivity index (χ1n) is 10.1. The topological polar surface area (TPSA) is 126 Å². The Hall–Kier alpha value is -1.42. The van der Waals surface area contributed by atoms with Crippen LogP contribution in [0.2, 0.25) is 0 Å². The van der Waals surface area contributed by atoms with E-state index in [0.29, 0.717) is 18.3 Å². The highest BCUT2D eigenvalue weighted by atomic mass is 35.5. The first-order valence-corrected chi connectivity index (χ1v) is 10.1. The Bertz CT molecular complexity index is 660. The summed E-state index contributed by atoms with van der Waals surface area (Å²) in [6.45, 7) is 4.16. The minimum atomic E-state index is -0.660. The maximum absolute atomic E-state index is 12.6. The van der Waals surface area contributed by atoms with Crippen molar-refractivity contribution in [3.8, 4) is 0 Å². The van der Waals surface area contributed by atoms with E-state index >= 15 is 0 Å². The molecule has 11 heteroatoms. The lowest BCUT2D eigenvalue weighted by Gasteiger charge is -2.31. The number of carbonyl (C=O) groups is 2. The highest BCUT2D eigenvalue weighted by Crippen LogP contribution is 2.34. The fourth-order valence-corrected chi connectivity index (χ4v) is 3.42. The monoisotopic (exact) mass is 466 g/mol. The third kappa shape index (κ3) is 8.02. The van der Waals surface area contributed by atoms with E-state index < -0.39 is 11.6 Å². The number of carbonyl (C=O) groups excluding carboxylic acids is 2. The molecule has 1 atom stereocenters. The molecule has 2 rings (SSSR count). The van der Waals surface area contributed by atoms with Crippen molar-refractivity contribution < 1.29 is 14.1 Å². The van der Waals surface area contributed by atoms with E-state index in [1.807, 2.05) is 32.8 Å². The summed E-state index contributed by atoms with van der Waals surface area (Å²) < 4.78 is 5.39. The number of aromatic nitrogens is 2. The number of nitrogens with one attached hydrogen (secondary N) is 2. The molecule has 1 aliphatic rings. The maximum Gasteiger partial charge on any atom is 0.240 e. The molecule has 0 unspecified atom stereocenters. The van der Waals surface area contributed by atoms with Gasteiger partial charge in [-0.05, 0) is 32.9 Å². The van der Waals surface area contributed by atoms with E-state index in [2.05, 4.69) is 20.8 Å². The van der Waals surface area contributed by atoms with Crippen LogP contribution >= 0.6 is 24.8 Å². The van der Waals surface area contributed by atoms with E-state index in [4.69, 9.17) is 10.3 Å². The van der Waals surface area contributed by atoms with E-state index in [9.17, 15) is 9.59 Å². The zero-order chi connectivity index (χ0) is 20.7. The van der Waals surface area contributed by atoms with Crippen LogP contribution in [0.25, 0.3) is 0 Å². The van der Waals surface area contributed by atoms with Crippen LogP contribution in [0, 0.1) is 5.92 Å². The molecule has 9 nitrogen and oxygen atoms in total. The van der Waals surface area contributed by atoms with Crippen molar-refractivity contribution in [2.24, 2.45) is 11.7 Å². The number of hydrogen-bond donors (Lipinski definition) is 3. The lowest BCUT2D eigenvalue weighted by atomic mass is 9.89. The summed E-state index contributed by atoms with van der Waals surface area (Å²) in [6, 6.07) is -0.634. The van der Waals surface area contributed by atoms with Gasteiger partial charge >= 0.3 is 0 Å². The van der Waals surface area contributed by atoms with Crippen LogP contribution in [0.15, 0.2) is 4.52 Å². The molecule has 4 N–H and O–H groups in total. The third-order valence-electron chi connectivity index (χ3n) is 5.13. The summed E-state index contributed by atoms with van der Waals surface area (Å²) in [5.41, 5.74) is 5.17. The molecule has 1 heterocycles. The predicted octanol–water partition coefficient (Wildman–Crippen LogP) is 1.74. The Morgan fingerprint density at radius 1 is 1.17 bits per heavy atom. The van der Waals surface area contributed by atoms with Gasteiger partial charge in [0.05, 0.1) is 19.1 Å². The molecule has 30 heavy (non-hydrogen) atoms. The van der Waals surface area contributed by atoms with Gasteiger partial charge in [-0.3, -0.25) is 9.59 Å². The summed E-state index contributed by atoms with van der Waals surface area (Å²) in [4.78, 5) is 31.1. The first kappa shape index (κ1) is 28.6. The Labute approximate surface area is 191 Å². The van der Waals surface area contributed by atoms with E-state index in [0.717, 1.165) is 38.5 Å². The van der Waals surface area contributed by atoms with Gasteiger partial charge in [0.25, 0.3) is 0 Å². The van der Waals surface area contributed by atoms with Gasteiger partial charge in [-0.1, -0.05) is 44.7 Å². The van der Waals surface area contributed by atoms with Gasteiger partial charge in [0, 0.05) is 0 Å². The van der Waals surface area contributed by atoms with E-state index in [-0.39, 0.29) is 49.1 Å². The molecule has 0 aliphatic heterocycles. The number of nitrogens with two attached hydrogens (primary N) is 1. The molecule has 1 aromatic heterocycles. The van der Waals surface area contributed by atoms with E-state index in [1.54, 1.807) is 0 Å². The summed E-state index contributed by atoms with van der Waals surface area (Å²) in [6.07, 6.45) is 5.67. The Balaban J connectivity index is 0.00000420. The Kier molecular flexibility index (Phi) is 12.5. The highest BCUT2D eigenvalue weighted by Gasteiger charge is 2.39. The molecular formula is C19H36Cl2N6O3. The lowest BCUT2D eigenvalue weighted by molar-refractivity contribution is -0.128. The molecule has 2 amide bonds. The van der Waals surface area contributed by atoms with Crippen molar-refractivity contribution >= 4 is 36.6 Å². The van der Waals surface area contributed by atoms with Crippen LogP contribution in [-0.4, -0.2) is 53.5 Å². The SMILES string of the molecule is CC(C)[C@H](N)C(=O)NCC(=O)NC1(c2noc(CN(C)C)n2)CCCCCC1.Cl.Cl. The van der Waals surface area contributed by atoms with Crippen molar-refractivity contribution in [2.75, 3.05) is 20.6 Å². The van der Waals surface area contributed by atoms with Gasteiger partial charge in [0.15, 0.2) is 5.82 Å². The van der Waals surface area contributed by atoms with Gasteiger partial charge < -0.3 is 25.8 Å².